The van der Waals surface area contributed by atoms with Crippen molar-refractivity contribution in [2.45, 2.75) is 38.9 Å². The lowest BCUT2D eigenvalue weighted by Gasteiger charge is -2.21. The van der Waals surface area contributed by atoms with Crippen molar-refractivity contribution in [3.05, 3.63) is 75.6 Å². The minimum atomic E-state index is -0.770. The van der Waals surface area contributed by atoms with Gasteiger partial charge in [0.05, 0.1) is 20.3 Å². The summed E-state index contributed by atoms with van der Waals surface area (Å²) >= 11 is 0. The van der Waals surface area contributed by atoms with Gasteiger partial charge in [-0.25, -0.2) is 4.39 Å². The number of rotatable bonds is 8. The first-order valence-corrected chi connectivity index (χ1v) is 12.0. The molecule has 2 heterocycles. The molecule has 1 aliphatic rings. The Morgan fingerprint density at radius 2 is 1.78 bits per heavy atom. The Kier molecular flexibility index (Phi) is 7.77. The van der Waals surface area contributed by atoms with E-state index in [0.717, 1.165) is 5.56 Å². The fraction of sp³-hybridized carbons (Fsp3) is 0.370. The molecule has 10 heteroatoms. The molecule has 0 saturated carbocycles. The standard InChI is InChI=1S/C27H30FN3O6/c1-16(2)37-15-22-29-25(32)23(27(34)31(22)24-20(35-3)6-5-7-21(24)36-4)26(33)30-13-12-18(14-30)17-8-10-19(28)11-9-17/h5-11,16,18,32H,12-15H2,1-4H3. The van der Waals surface area contributed by atoms with E-state index in [1.54, 1.807) is 30.3 Å². The van der Waals surface area contributed by atoms with Gasteiger partial charge in [0.25, 0.3) is 11.5 Å². The molecule has 37 heavy (non-hydrogen) atoms. The fourth-order valence-electron chi connectivity index (χ4n) is 4.47. The summed E-state index contributed by atoms with van der Waals surface area (Å²) in [6.45, 7) is 4.24. The Bertz CT molecular complexity index is 1320. The van der Waals surface area contributed by atoms with E-state index in [1.165, 1.54) is 35.8 Å². The number of amides is 1. The maximum absolute atomic E-state index is 13.9. The summed E-state index contributed by atoms with van der Waals surface area (Å²) < 4.78 is 31.2. The molecule has 1 atom stereocenters. The molecule has 0 spiro atoms. The third-order valence-electron chi connectivity index (χ3n) is 6.34. The lowest BCUT2D eigenvalue weighted by atomic mass is 9.99. The molecule has 1 amide bonds. The number of ether oxygens (including phenoxy) is 3. The molecular weight excluding hydrogens is 481 g/mol. The van der Waals surface area contributed by atoms with Crippen LogP contribution in [0.25, 0.3) is 5.69 Å². The molecule has 1 saturated heterocycles. The number of aromatic hydroxyl groups is 1. The SMILES string of the molecule is COc1cccc(OC)c1-n1c(COC(C)C)nc(O)c(C(=O)N2CCC(c3ccc(F)cc3)C2)c1=O. The van der Waals surface area contributed by atoms with Gasteiger partial charge in [0.1, 0.15) is 35.4 Å². The van der Waals surface area contributed by atoms with Gasteiger partial charge < -0.3 is 24.2 Å². The van der Waals surface area contributed by atoms with E-state index >= 15 is 0 Å². The first-order valence-electron chi connectivity index (χ1n) is 12.0. The summed E-state index contributed by atoms with van der Waals surface area (Å²) in [7, 11) is 2.90. The van der Waals surface area contributed by atoms with Crippen LogP contribution < -0.4 is 15.0 Å². The molecule has 1 aromatic heterocycles. The smallest absolute Gasteiger partial charge is 0.275 e. The number of para-hydroxylation sites is 1. The van der Waals surface area contributed by atoms with Crippen LogP contribution in [0.15, 0.2) is 47.3 Å². The third-order valence-corrected chi connectivity index (χ3v) is 6.34. The van der Waals surface area contributed by atoms with Gasteiger partial charge >= 0.3 is 0 Å². The molecule has 196 valence electrons. The zero-order valence-corrected chi connectivity index (χ0v) is 21.2. The van der Waals surface area contributed by atoms with Gasteiger partial charge in [-0.15, -0.1) is 0 Å². The van der Waals surface area contributed by atoms with E-state index in [-0.39, 0.29) is 36.0 Å². The highest BCUT2D eigenvalue weighted by Crippen LogP contribution is 2.34. The number of nitrogens with zero attached hydrogens (tertiary/aromatic N) is 3. The van der Waals surface area contributed by atoms with Crippen LogP contribution in [0.5, 0.6) is 17.4 Å². The molecule has 1 aliphatic heterocycles. The number of likely N-dealkylation sites (tertiary alicyclic amines) is 1. The average molecular weight is 512 g/mol. The number of carbonyl (C=O) groups is 1. The minimum Gasteiger partial charge on any atom is -0.494 e. The van der Waals surface area contributed by atoms with Crippen LogP contribution in [-0.2, 0) is 11.3 Å². The quantitative estimate of drug-likeness (QED) is 0.492. The molecule has 4 rings (SSSR count). The molecule has 2 aromatic carbocycles. The van der Waals surface area contributed by atoms with Gasteiger partial charge in [0.15, 0.2) is 5.56 Å². The number of methoxy groups -OCH3 is 2. The molecule has 0 radical (unpaired) electrons. The van der Waals surface area contributed by atoms with Crippen molar-refractivity contribution in [3.63, 3.8) is 0 Å². The van der Waals surface area contributed by atoms with E-state index < -0.39 is 22.9 Å². The highest BCUT2D eigenvalue weighted by atomic mass is 19.1. The van der Waals surface area contributed by atoms with Crippen molar-refractivity contribution in [1.29, 1.82) is 0 Å². The third kappa shape index (κ3) is 5.29. The van der Waals surface area contributed by atoms with Crippen molar-refractivity contribution < 1.29 is 28.5 Å². The summed E-state index contributed by atoms with van der Waals surface area (Å²) in [6, 6.07) is 11.2. The van der Waals surface area contributed by atoms with Crippen molar-refractivity contribution in [2.24, 2.45) is 0 Å². The maximum Gasteiger partial charge on any atom is 0.275 e. The van der Waals surface area contributed by atoms with Gasteiger partial charge in [0, 0.05) is 19.0 Å². The predicted molar refractivity (Wildman–Crippen MR) is 134 cm³/mol. The number of halogens is 1. The van der Waals surface area contributed by atoms with E-state index in [9.17, 15) is 19.1 Å². The first kappa shape index (κ1) is 26.2. The number of carbonyl (C=O) groups excluding carboxylic acids is 1. The summed E-state index contributed by atoms with van der Waals surface area (Å²) in [6.07, 6.45) is 0.460. The van der Waals surface area contributed by atoms with Crippen LogP contribution >= 0.6 is 0 Å². The van der Waals surface area contributed by atoms with Crippen LogP contribution in [0, 0.1) is 5.82 Å². The zero-order chi connectivity index (χ0) is 26.7. The van der Waals surface area contributed by atoms with E-state index in [2.05, 4.69) is 4.98 Å². The maximum atomic E-state index is 13.9. The van der Waals surface area contributed by atoms with E-state index in [4.69, 9.17) is 14.2 Å². The van der Waals surface area contributed by atoms with Crippen molar-refractivity contribution in [2.75, 3.05) is 27.3 Å². The van der Waals surface area contributed by atoms with Crippen LogP contribution in [0.2, 0.25) is 0 Å². The lowest BCUT2D eigenvalue weighted by molar-refractivity contribution is 0.0591. The number of aromatic nitrogens is 2. The normalized spacial score (nSPS) is 15.3. The van der Waals surface area contributed by atoms with Gasteiger partial charge in [-0.2, -0.15) is 4.98 Å². The van der Waals surface area contributed by atoms with Crippen LogP contribution in [0.1, 0.15) is 47.9 Å². The summed E-state index contributed by atoms with van der Waals surface area (Å²) in [4.78, 5) is 33.1. The topological polar surface area (TPSA) is 103 Å². The number of hydrogen-bond acceptors (Lipinski definition) is 7. The fourth-order valence-corrected chi connectivity index (χ4v) is 4.47. The summed E-state index contributed by atoms with van der Waals surface area (Å²) in [5.41, 5.74) is -0.0858. The highest BCUT2D eigenvalue weighted by Gasteiger charge is 2.33. The second-order valence-corrected chi connectivity index (χ2v) is 9.03. The second kappa shape index (κ2) is 11.0. The van der Waals surface area contributed by atoms with Gasteiger partial charge in [-0.3, -0.25) is 14.2 Å². The summed E-state index contributed by atoms with van der Waals surface area (Å²) in [5.74, 6) is -0.951. The molecule has 1 fully saturated rings. The van der Waals surface area contributed by atoms with Gasteiger partial charge in [0.2, 0.25) is 5.88 Å². The van der Waals surface area contributed by atoms with Crippen LogP contribution in [0.3, 0.4) is 0 Å². The Hall–Kier alpha value is -3.92. The van der Waals surface area contributed by atoms with Gasteiger partial charge in [-0.1, -0.05) is 18.2 Å². The predicted octanol–water partition coefficient (Wildman–Crippen LogP) is 3.65. The van der Waals surface area contributed by atoms with Crippen LogP contribution in [-0.4, -0.2) is 58.9 Å². The number of benzene rings is 2. The zero-order valence-electron chi connectivity index (χ0n) is 21.2. The van der Waals surface area contributed by atoms with Gasteiger partial charge in [-0.05, 0) is 50.1 Å². The Balaban J connectivity index is 1.79. The molecule has 1 N–H and O–H groups in total. The highest BCUT2D eigenvalue weighted by molar-refractivity contribution is 5.96. The van der Waals surface area contributed by atoms with Crippen molar-refractivity contribution in [3.8, 4) is 23.1 Å². The lowest BCUT2D eigenvalue weighted by Crippen LogP contribution is -2.37. The molecule has 0 bridgehead atoms. The molecule has 1 unspecified atom stereocenters. The Morgan fingerprint density at radius 3 is 2.38 bits per heavy atom. The first-order chi connectivity index (χ1) is 17.7. The average Bonchev–Trinajstić information content (AvgIpc) is 3.37. The molecular formula is C27H30FN3O6. The van der Waals surface area contributed by atoms with E-state index in [0.29, 0.717) is 31.0 Å². The Labute approximate surface area is 214 Å². The molecule has 9 nitrogen and oxygen atoms in total. The largest absolute Gasteiger partial charge is 0.494 e. The monoisotopic (exact) mass is 511 g/mol. The second-order valence-electron chi connectivity index (χ2n) is 9.03. The van der Waals surface area contributed by atoms with E-state index in [1.807, 2.05) is 13.8 Å². The van der Waals surface area contributed by atoms with Crippen LogP contribution in [0.4, 0.5) is 4.39 Å². The van der Waals surface area contributed by atoms with Crippen molar-refractivity contribution >= 4 is 5.91 Å². The Morgan fingerprint density at radius 1 is 1.14 bits per heavy atom. The van der Waals surface area contributed by atoms with Crippen molar-refractivity contribution in [1.82, 2.24) is 14.5 Å². The minimum absolute atomic E-state index is 0.0186. The summed E-state index contributed by atoms with van der Waals surface area (Å²) in [5, 5.41) is 10.8. The molecule has 0 aliphatic carbocycles. The number of hydrogen-bond donors (Lipinski definition) is 1. The molecule has 3 aromatic rings.